The molecule has 1 aromatic rings. The van der Waals surface area contributed by atoms with Crippen LogP contribution in [-0.2, 0) is 16.1 Å². The Balaban J connectivity index is 1.14. The van der Waals surface area contributed by atoms with Crippen LogP contribution in [-0.4, -0.2) is 87.5 Å². The van der Waals surface area contributed by atoms with Crippen LogP contribution in [0.25, 0.3) is 0 Å². The Morgan fingerprint density at radius 1 is 1.00 bits per heavy atom. The van der Waals surface area contributed by atoms with Crippen molar-refractivity contribution in [2.75, 3.05) is 49.9 Å². The van der Waals surface area contributed by atoms with E-state index in [1.165, 1.54) is 37.4 Å². The molecule has 3 aliphatic heterocycles. The minimum Gasteiger partial charge on any atom is -0.457 e. The van der Waals surface area contributed by atoms with E-state index in [4.69, 9.17) is 17.0 Å². The quantitative estimate of drug-likeness (QED) is 0.215. The summed E-state index contributed by atoms with van der Waals surface area (Å²) in [7, 11) is 0. The van der Waals surface area contributed by atoms with Gasteiger partial charge in [0, 0.05) is 38.3 Å². The summed E-state index contributed by atoms with van der Waals surface area (Å²) in [5.74, 6) is 0.483. The van der Waals surface area contributed by atoms with Gasteiger partial charge in [-0.1, -0.05) is 44.4 Å². The second-order valence-electron chi connectivity index (χ2n) is 10.7. The number of benzene rings is 1. The summed E-state index contributed by atoms with van der Waals surface area (Å²) in [5.41, 5.74) is 1.35. The lowest BCUT2D eigenvalue weighted by Gasteiger charge is -2.34. The van der Waals surface area contributed by atoms with E-state index in [1.807, 2.05) is 36.6 Å². The number of amides is 2. The molecule has 0 atom stereocenters. The number of hydrogen-bond acceptors (Lipinski definition) is 7. The summed E-state index contributed by atoms with van der Waals surface area (Å²) in [6, 6.07) is 5.34. The molecule has 1 aromatic carbocycles. The predicted molar refractivity (Wildman–Crippen MR) is 156 cm³/mol. The molecule has 0 radical (unpaired) electrons. The van der Waals surface area contributed by atoms with Crippen LogP contribution >= 0.6 is 24.0 Å². The second kappa shape index (κ2) is 12.8. The SMILES string of the molecule is CCSC(=O)N1CCN(CCCCCCCCN2C(=S)N(c3ccc4c(c3)COC4=O)C(=O)C2(C)C)CC1. The Hall–Kier alpha value is -2.17. The lowest BCUT2D eigenvalue weighted by atomic mass is 10.0. The normalized spacial score (nSPS) is 19.3. The van der Waals surface area contributed by atoms with Crippen LogP contribution in [0.15, 0.2) is 18.2 Å². The van der Waals surface area contributed by atoms with Crippen LogP contribution in [0.5, 0.6) is 0 Å². The maximum absolute atomic E-state index is 13.3. The highest BCUT2D eigenvalue weighted by molar-refractivity contribution is 8.13. The Bertz CT molecular complexity index is 1060. The number of ether oxygens (including phenoxy) is 1. The monoisotopic (exact) mass is 560 g/mol. The van der Waals surface area contributed by atoms with Gasteiger partial charge in [0.15, 0.2) is 5.11 Å². The van der Waals surface area contributed by atoms with Crippen LogP contribution in [0, 0.1) is 0 Å². The summed E-state index contributed by atoms with van der Waals surface area (Å²) >= 11 is 7.16. The first kappa shape index (κ1) is 28.8. The number of cyclic esters (lactones) is 1. The van der Waals surface area contributed by atoms with Gasteiger partial charge < -0.3 is 14.5 Å². The molecule has 0 saturated carbocycles. The summed E-state index contributed by atoms with van der Waals surface area (Å²) in [6.45, 7) is 11.6. The van der Waals surface area contributed by atoms with Gasteiger partial charge in [0.1, 0.15) is 12.1 Å². The number of anilines is 1. The molecule has 2 amide bonds. The average Bonchev–Trinajstić information content (AvgIpc) is 3.35. The van der Waals surface area contributed by atoms with E-state index in [9.17, 15) is 14.4 Å². The highest BCUT2D eigenvalue weighted by Crippen LogP contribution is 2.34. The van der Waals surface area contributed by atoms with Crippen molar-refractivity contribution < 1.29 is 19.1 Å². The maximum Gasteiger partial charge on any atom is 0.338 e. The molecule has 2 fully saturated rings. The predicted octanol–water partition coefficient (Wildman–Crippen LogP) is 4.90. The smallest absolute Gasteiger partial charge is 0.338 e. The molecule has 0 N–H and O–H groups in total. The van der Waals surface area contributed by atoms with Crippen LogP contribution in [0.1, 0.15) is 75.2 Å². The van der Waals surface area contributed by atoms with Gasteiger partial charge in [0.25, 0.3) is 11.1 Å². The van der Waals surface area contributed by atoms with E-state index >= 15 is 0 Å². The fourth-order valence-corrected chi connectivity index (χ4v) is 6.50. The molecule has 8 nitrogen and oxygen atoms in total. The fraction of sp³-hybridized carbons (Fsp3) is 0.643. The Labute approximate surface area is 236 Å². The molecule has 208 valence electrons. The Morgan fingerprint density at radius 3 is 2.34 bits per heavy atom. The largest absolute Gasteiger partial charge is 0.457 e. The third-order valence-electron chi connectivity index (χ3n) is 7.75. The Kier molecular flexibility index (Phi) is 9.70. The number of hydrogen-bond donors (Lipinski definition) is 0. The molecule has 2 saturated heterocycles. The molecule has 0 aliphatic carbocycles. The number of thiocarbonyl (C=S) groups is 1. The summed E-state index contributed by atoms with van der Waals surface area (Å²) in [5, 5.41) is 0.749. The van der Waals surface area contributed by atoms with Crippen LogP contribution in [0.3, 0.4) is 0 Å². The number of piperazine rings is 1. The first-order valence-corrected chi connectivity index (χ1v) is 15.2. The number of esters is 1. The molecule has 0 unspecified atom stereocenters. The first-order chi connectivity index (χ1) is 18.2. The highest BCUT2D eigenvalue weighted by atomic mass is 32.2. The van der Waals surface area contributed by atoms with E-state index in [0.717, 1.165) is 63.4 Å². The minimum atomic E-state index is -0.702. The van der Waals surface area contributed by atoms with Gasteiger partial charge in [0.2, 0.25) is 0 Å². The fourth-order valence-electron chi connectivity index (χ4n) is 5.38. The van der Waals surface area contributed by atoms with E-state index in [-0.39, 0.29) is 23.7 Å². The molecule has 0 spiro atoms. The van der Waals surface area contributed by atoms with Crippen LogP contribution in [0.4, 0.5) is 10.5 Å². The molecule has 0 bridgehead atoms. The van der Waals surface area contributed by atoms with Crippen molar-refractivity contribution in [3.05, 3.63) is 29.3 Å². The van der Waals surface area contributed by atoms with Gasteiger partial charge in [-0.25, -0.2) is 4.79 Å². The first-order valence-electron chi connectivity index (χ1n) is 13.8. The standard InChI is InChI=1S/C28H40N4O4S2/c1-4-38-27(35)30-17-15-29(16-18-30)13-9-7-5-6-8-10-14-31-26(37)32(25(34)28(31,2)3)22-11-12-23-21(19-22)20-36-24(23)33/h11-12,19H,4-10,13-18,20H2,1-3H3. The zero-order valence-electron chi connectivity index (χ0n) is 22.9. The summed E-state index contributed by atoms with van der Waals surface area (Å²) in [6.07, 6.45) is 6.89. The van der Waals surface area contributed by atoms with Gasteiger partial charge in [-0.3, -0.25) is 19.4 Å². The number of nitrogens with zero attached hydrogens (tertiary/aromatic N) is 4. The molecule has 10 heteroatoms. The summed E-state index contributed by atoms with van der Waals surface area (Å²) in [4.78, 5) is 45.2. The van der Waals surface area contributed by atoms with Crippen LogP contribution < -0.4 is 4.90 Å². The lowest BCUT2D eigenvalue weighted by Crippen LogP contribution is -2.47. The number of rotatable bonds is 11. The molecular formula is C28H40N4O4S2. The maximum atomic E-state index is 13.3. The van der Waals surface area contributed by atoms with E-state index in [1.54, 1.807) is 17.0 Å². The number of thioether (sulfide) groups is 1. The number of fused-ring (bicyclic) bond motifs is 1. The zero-order valence-corrected chi connectivity index (χ0v) is 24.5. The molecule has 3 aliphatic rings. The third kappa shape index (κ3) is 6.34. The highest BCUT2D eigenvalue weighted by Gasteiger charge is 2.49. The van der Waals surface area contributed by atoms with Crippen molar-refractivity contribution in [2.24, 2.45) is 0 Å². The van der Waals surface area contributed by atoms with E-state index in [2.05, 4.69) is 4.90 Å². The van der Waals surface area contributed by atoms with Gasteiger partial charge in [-0.05, 0) is 69.4 Å². The number of unbranched alkanes of at least 4 members (excludes halogenated alkanes) is 5. The van der Waals surface area contributed by atoms with Crippen molar-refractivity contribution in [3.8, 4) is 0 Å². The van der Waals surface area contributed by atoms with Gasteiger partial charge in [-0.15, -0.1) is 0 Å². The average molecular weight is 561 g/mol. The molecule has 38 heavy (non-hydrogen) atoms. The lowest BCUT2D eigenvalue weighted by molar-refractivity contribution is -0.123. The van der Waals surface area contributed by atoms with Gasteiger partial charge >= 0.3 is 5.97 Å². The van der Waals surface area contributed by atoms with E-state index < -0.39 is 5.54 Å². The third-order valence-corrected chi connectivity index (χ3v) is 8.95. The summed E-state index contributed by atoms with van der Waals surface area (Å²) < 4.78 is 5.11. The minimum absolute atomic E-state index is 0.0398. The molecule has 3 heterocycles. The van der Waals surface area contributed by atoms with Crippen molar-refractivity contribution in [2.45, 2.75) is 71.4 Å². The van der Waals surface area contributed by atoms with Crippen LogP contribution in [0.2, 0.25) is 0 Å². The zero-order chi connectivity index (χ0) is 27.3. The van der Waals surface area contributed by atoms with Gasteiger partial charge in [-0.2, -0.15) is 0 Å². The topological polar surface area (TPSA) is 73.4 Å². The van der Waals surface area contributed by atoms with Crippen molar-refractivity contribution >= 4 is 51.9 Å². The van der Waals surface area contributed by atoms with Crippen molar-refractivity contribution in [1.82, 2.24) is 14.7 Å². The molecule has 0 aromatic heterocycles. The number of carbonyl (C=O) groups excluding carboxylic acids is 3. The Morgan fingerprint density at radius 2 is 1.66 bits per heavy atom. The van der Waals surface area contributed by atoms with Crippen molar-refractivity contribution in [1.29, 1.82) is 0 Å². The number of carbonyl (C=O) groups is 3. The molecule has 4 rings (SSSR count). The van der Waals surface area contributed by atoms with Crippen molar-refractivity contribution in [3.63, 3.8) is 0 Å². The molecular weight excluding hydrogens is 520 g/mol. The second-order valence-corrected chi connectivity index (χ2v) is 12.3. The van der Waals surface area contributed by atoms with Gasteiger partial charge in [0.05, 0.1) is 11.3 Å². The van der Waals surface area contributed by atoms with E-state index in [0.29, 0.717) is 16.4 Å².